The lowest BCUT2D eigenvalue weighted by molar-refractivity contribution is -0.384. The fraction of sp³-hybridized carbons (Fsp3) is 0. The molecule has 1 amide bonds. The van der Waals surface area contributed by atoms with E-state index in [0.29, 0.717) is 10.4 Å². The predicted octanol–water partition coefficient (Wildman–Crippen LogP) is 4.26. The molecule has 0 saturated carbocycles. The zero-order chi connectivity index (χ0) is 18.1. The molecule has 0 saturated heterocycles. The Hall–Kier alpha value is -2.90. The van der Waals surface area contributed by atoms with Crippen molar-refractivity contribution in [1.29, 1.82) is 0 Å². The molecule has 3 aromatic rings. The van der Waals surface area contributed by atoms with Gasteiger partial charge in [-0.3, -0.25) is 14.9 Å². The Balaban J connectivity index is 1.97. The average molecular weight is 379 g/mol. The number of carbonyl (C=O) groups is 1. The number of nitro benzene ring substituents is 1. The molecule has 0 fully saturated rings. The molecule has 0 atom stereocenters. The standard InChI is InChI=1S/C16H8Cl2N2O5/c17-9-1-4-14-8(5-9)6-11(16(22)25-14)15(21)19-10-2-3-12(18)13(7-10)20(23)24/h1-7H,(H,19,21). The van der Waals surface area contributed by atoms with E-state index in [0.717, 1.165) is 6.07 Å². The second-order valence-electron chi connectivity index (χ2n) is 5.01. The van der Waals surface area contributed by atoms with Crippen LogP contribution in [0.15, 0.2) is 51.7 Å². The quantitative estimate of drug-likeness (QED) is 0.416. The van der Waals surface area contributed by atoms with Gasteiger partial charge in [0.15, 0.2) is 0 Å². The Morgan fingerprint density at radius 2 is 1.88 bits per heavy atom. The number of nitrogens with zero attached hydrogens (tertiary/aromatic N) is 1. The summed E-state index contributed by atoms with van der Waals surface area (Å²) in [6, 6.07) is 9.71. The van der Waals surface area contributed by atoms with Gasteiger partial charge >= 0.3 is 5.63 Å². The Labute approximate surface area is 149 Å². The number of nitrogens with one attached hydrogen (secondary N) is 1. The maximum Gasteiger partial charge on any atom is 0.349 e. The van der Waals surface area contributed by atoms with Gasteiger partial charge in [-0.1, -0.05) is 23.2 Å². The topological polar surface area (TPSA) is 102 Å². The van der Waals surface area contributed by atoms with Crippen molar-refractivity contribution in [3.63, 3.8) is 0 Å². The van der Waals surface area contributed by atoms with E-state index in [-0.39, 0.29) is 27.5 Å². The first-order valence-electron chi connectivity index (χ1n) is 6.84. The second-order valence-corrected chi connectivity index (χ2v) is 5.85. The first kappa shape index (κ1) is 16.9. The molecule has 126 valence electrons. The number of amides is 1. The lowest BCUT2D eigenvalue weighted by Crippen LogP contribution is -2.20. The van der Waals surface area contributed by atoms with Crippen molar-refractivity contribution in [2.24, 2.45) is 0 Å². The largest absolute Gasteiger partial charge is 0.422 e. The Kier molecular flexibility index (Phi) is 4.43. The van der Waals surface area contributed by atoms with Crippen LogP contribution in [0.5, 0.6) is 0 Å². The first-order chi connectivity index (χ1) is 11.8. The van der Waals surface area contributed by atoms with Crippen molar-refractivity contribution in [3.8, 4) is 0 Å². The molecule has 0 aliphatic heterocycles. The van der Waals surface area contributed by atoms with Crippen LogP contribution in [-0.4, -0.2) is 10.8 Å². The molecule has 0 unspecified atom stereocenters. The van der Waals surface area contributed by atoms with Gasteiger partial charge in [-0.05, 0) is 36.4 Å². The third-order valence-electron chi connectivity index (χ3n) is 3.34. The lowest BCUT2D eigenvalue weighted by atomic mass is 10.1. The normalized spacial score (nSPS) is 10.6. The minimum Gasteiger partial charge on any atom is -0.422 e. The lowest BCUT2D eigenvalue weighted by Gasteiger charge is -2.06. The van der Waals surface area contributed by atoms with Crippen LogP contribution in [-0.2, 0) is 0 Å². The van der Waals surface area contributed by atoms with E-state index in [9.17, 15) is 19.7 Å². The van der Waals surface area contributed by atoms with Crippen molar-refractivity contribution in [3.05, 3.63) is 78.6 Å². The molecule has 9 heteroatoms. The summed E-state index contributed by atoms with van der Waals surface area (Å²) in [7, 11) is 0. The summed E-state index contributed by atoms with van der Waals surface area (Å²) < 4.78 is 5.08. The highest BCUT2D eigenvalue weighted by atomic mass is 35.5. The highest BCUT2D eigenvalue weighted by molar-refractivity contribution is 6.32. The molecule has 7 nitrogen and oxygen atoms in total. The molecular formula is C16H8Cl2N2O5. The molecule has 0 bridgehead atoms. The van der Waals surface area contributed by atoms with Gasteiger partial charge in [0.25, 0.3) is 11.6 Å². The van der Waals surface area contributed by atoms with Crippen molar-refractivity contribution in [1.82, 2.24) is 0 Å². The van der Waals surface area contributed by atoms with Gasteiger partial charge in [0.2, 0.25) is 0 Å². The highest BCUT2D eigenvalue weighted by Crippen LogP contribution is 2.27. The molecule has 25 heavy (non-hydrogen) atoms. The molecule has 2 aromatic carbocycles. The number of nitro groups is 1. The Bertz CT molecular complexity index is 1080. The van der Waals surface area contributed by atoms with Crippen molar-refractivity contribution >= 4 is 51.5 Å². The number of anilines is 1. The van der Waals surface area contributed by atoms with E-state index in [1.165, 1.54) is 24.3 Å². The molecule has 0 aliphatic carbocycles. The van der Waals surface area contributed by atoms with Crippen molar-refractivity contribution < 1.29 is 14.1 Å². The minimum atomic E-state index is -0.837. The summed E-state index contributed by atoms with van der Waals surface area (Å²) in [4.78, 5) is 34.5. The van der Waals surface area contributed by atoms with E-state index in [2.05, 4.69) is 5.32 Å². The second kappa shape index (κ2) is 6.54. The van der Waals surface area contributed by atoms with Gasteiger partial charge < -0.3 is 9.73 Å². The molecule has 3 rings (SSSR count). The number of fused-ring (bicyclic) bond motifs is 1. The first-order valence-corrected chi connectivity index (χ1v) is 7.59. The van der Waals surface area contributed by atoms with Crippen LogP contribution >= 0.6 is 23.2 Å². The molecule has 0 radical (unpaired) electrons. The SMILES string of the molecule is O=C(Nc1ccc(Cl)c([N+](=O)[O-])c1)c1cc2cc(Cl)ccc2oc1=O. The zero-order valence-corrected chi connectivity index (χ0v) is 13.8. The van der Waals surface area contributed by atoms with Crippen LogP contribution in [0.25, 0.3) is 11.0 Å². The van der Waals surface area contributed by atoms with E-state index in [1.807, 2.05) is 0 Å². The smallest absolute Gasteiger partial charge is 0.349 e. The number of halogens is 2. The van der Waals surface area contributed by atoms with E-state index in [4.69, 9.17) is 27.6 Å². The molecule has 1 heterocycles. The predicted molar refractivity (Wildman–Crippen MR) is 93.6 cm³/mol. The van der Waals surface area contributed by atoms with Crippen LogP contribution in [0.2, 0.25) is 10.0 Å². The summed E-state index contributed by atoms with van der Waals surface area (Å²) in [5, 5.41) is 14.1. The van der Waals surface area contributed by atoms with Crippen LogP contribution in [0.4, 0.5) is 11.4 Å². The maximum atomic E-state index is 12.3. The zero-order valence-electron chi connectivity index (χ0n) is 12.3. The molecule has 0 aliphatic rings. The average Bonchev–Trinajstić information content (AvgIpc) is 2.56. The summed E-state index contributed by atoms with van der Waals surface area (Å²) in [5.41, 5.74) is -1.06. The van der Waals surface area contributed by atoms with Crippen molar-refractivity contribution in [2.45, 2.75) is 0 Å². The number of carbonyl (C=O) groups excluding carboxylic acids is 1. The molecule has 1 aromatic heterocycles. The van der Waals surface area contributed by atoms with E-state index >= 15 is 0 Å². The van der Waals surface area contributed by atoms with Crippen LogP contribution < -0.4 is 10.9 Å². The summed E-state index contributed by atoms with van der Waals surface area (Å²) in [5.74, 6) is -0.771. The molecule has 1 N–H and O–H groups in total. The number of hydrogen-bond donors (Lipinski definition) is 1. The maximum absolute atomic E-state index is 12.3. The fourth-order valence-electron chi connectivity index (χ4n) is 2.18. The van der Waals surface area contributed by atoms with Crippen molar-refractivity contribution in [2.75, 3.05) is 5.32 Å². The Morgan fingerprint density at radius 3 is 2.60 bits per heavy atom. The summed E-state index contributed by atoms with van der Waals surface area (Å²) >= 11 is 11.6. The molecule has 0 spiro atoms. The third kappa shape index (κ3) is 3.47. The van der Waals surface area contributed by atoms with Gasteiger partial charge in [0.05, 0.1) is 4.92 Å². The summed E-state index contributed by atoms with van der Waals surface area (Å²) in [6.45, 7) is 0. The minimum absolute atomic E-state index is 0.0668. The van der Waals surface area contributed by atoms with Crippen LogP contribution in [0.3, 0.4) is 0 Å². The third-order valence-corrected chi connectivity index (χ3v) is 3.89. The van der Waals surface area contributed by atoms with Gasteiger partial charge in [-0.25, -0.2) is 4.79 Å². The number of rotatable bonds is 3. The van der Waals surface area contributed by atoms with E-state index in [1.54, 1.807) is 12.1 Å². The van der Waals surface area contributed by atoms with Crippen LogP contribution in [0, 0.1) is 10.1 Å². The Morgan fingerprint density at radius 1 is 1.12 bits per heavy atom. The van der Waals surface area contributed by atoms with Gasteiger partial charge in [0, 0.05) is 22.2 Å². The van der Waals surface area contributed by atoms with Gasteiger partial charge in [0.1, 0.15) is 16.2 Å². The molecular weight excluding hydrogens is 371 g/mol. The van der Waals surface area contributed by atoms with E-state index < -0.39 is 16.5 Å². The monoisotopic (exact) mass is 378 g/mol. The van der Waals surface area contributed by atoms with Gasteiger partial charge in [-0.2, -0.15) is 0 Å². The van der Waals surface area contributed by atoms with Gasteiger partial charge in [-0.15, -0.1) is 0 Å². The summed E-state index contributed by atoms with van der Waals surface area (Å²) in [6.07, 6.45) is 0. The van der Waals surface area contributed by atoms with Crippen LogP contribution in [0.1, 0.15) is 10.4 Å². The fourth-order valence-corrected chi connectivity index (χ4v) is 2.55. The number of benzene rings is 2. The highest BCUT2D eigenvalue weighted by Gasteiger charge is 2.17. The number of hydrogen-bond acceptors (Lipinski definition) is 5.